The summed E-state index contributed by atoms with van der Waals surface area (Å²) in [6.45, 7) is 9.22. The van der Waals surface area contributed by atoms with Crippen molar-refractivity contribution in [3.63, 3.8) is 0 Å². The van der Waals surface area contributed by atoms with Crippen LogP contribution in [0.3, 0.4) is 0 Å². The average molecular weight is 171 g/mol. The van der Waals surface area contributed by atoms with Crippen LogP contribution in [0.25, 0.3) is 0 Å². The SMILES string of the molecule is CC(C)(C)C[C@@H]1CNC[C@H]1CO. The van der Waals surface area contributed by atoms with Crippen LogP contribution < -0.4 is 5.32 Å². The zero-order valence-corrected chi connectivity index (χ0v) is 8.43. The van der Waals surface area contributed by atoms with Crippen LogP contribution in [0.2, 0.25) is 0 Å². The molecule has 0 aromatic rings. The van der Waals surface area contributed by atoms with Crippen LogP contribution in [0.1, 0.15) is 27.2 Å². The first-order valence-corrected chi connectivity index (χ1v) is 4.84. The standard InChI is InChI=1S/C10H21NO/c1-10(2,3)4-8-5-11-6-9(8)7-12/h8-9,11-12H,4-7H2,1-3H3/t8-,9+/m1/s1. The molecule has 1 aliphatic rings. The van der Waals surface area contributed by atoms with Gasteiger partial charge in [0.1, 0.15) is 0 Å². The zero-order chi connectivity index (χ0) is 9.19. The fraction of sp³-hybridized carbons (Fsp3) is 1.00. The van der Waals surface area contributed by atoms with Crippen LogP contribution in [-0.4, -0.2) is 24.8 Å². The number of hydrogen-bond acceptors (Lipinski definition) is 2. The summed E-state index contributed by atoms with van der Waals surface area (Å²) < 4.78 is 0. The van der Waals surface area contributed by atoms with Gasteiger partial charge in [0.15, 0.2) is 0 Å². The Hall–Kier alpha value is -0.0800. The van der Waals surface area contributed by atoms with Gasteiger partial charge in [-0.1, -0.05) is 20.8 Å². The molecule has 0 bridgehead atoms. The summed E-state index contributed by atoms with van der Waals surface area (Å²) in [4.78, 5) is 0. The van der Waals surface area contributed by atoms with Gasteiger partial charge in [0, 0.05) is 13.2 Å². The van der Waals surface area contributed by atoms with Gasteiger partial charge in [-0.05, 0) is 30.2 Å². The molecule has 0 amide bonds. The third-order valence-electron chi connectivity index (χ3n) is 2.59. The summed E-state index contributed by atoms with van der Waals surface area (Å²) in [7, 11) is 0. The van der Waals surface area contributed by atoms with E-state index in [1.165, 1.54) is 6.42 Å². The molecule has 0 saturated carbocycles. The minimum Gasteiger partial charge on any atom is -0.396 e. The van der Waals surface area contributed by atoms with Crippen LogP contribution in [0.4, 0.5) is 0 Å². The van der Waals surface area contributed by atoms with Crippen molar-refractivity contribution in [3.05, 3.63) is 0 Å². The molecule has 2 heteroatoms. The lowest BCUT2D eigenvalue weighted by Gasteiger charge is -2.25. The van der Waals surface area contributed by atoms with E-state index < -0.39 is 0 Å². The van der Waals surface area contributed by atoms with Gasteiger partial charge in [0.2, 0.25) is 0 Å². The fourth-order valence-corrected chi connectivity index (χ4v) is 2.03. The van der Waals surface area contributed by atoms with Gasteiger partial charge in [0.05, 0.1) is 0 Å². The van der Waals surface area contributed by atoms with Gasteiger partial charge in [0.25, 0.3) is 0 Å². The predicted octanol–water partition coefficient (Wildman–Crippen LogP) is 1.25. The summed E-state index contributed by atoms with van der Waals surface area (Å²) in [5, 5.41) is 12.4. The summed E-state index contributed by atoms with van der Waals surface area (Å²) in [6, 6.07) is 0. The summed E-state index contributed by atoms with van der Waals surface area (Å²) in [5.74, 6) is 1.17. The van der Waals surface area contributed by atoms with E-state index in [0.29, 0.717) is 23.9 Å². The minimum absolute atomic E-state index is 0.341. The first-order chi connectivity index (χ1) is 5.53. The Balaban J connectivity index is 2.41. The maximum atomic E-state index is 9.09. The Bertz CT molecular complexity index is 139. The third kappa shape index (κ3) is 2.76. The number of aliphatic hydroxyl groups excluding tert-OH is 1. The minimum atomic E-state index is 0.341. The third-order valence-corrected chi connectivity index (χ3v) is 2.59. The van der Waals surface area contributed by atoms with Crippen molar-refractivity contribution in [3.8, 4) is 0 Å². The van der Waals surface area contributed by atoms with Gasteiger partial charge in [-0.3, -0.25) is 0 Å². The second-order valence-electron chi connectivity index (χ2n) is 5.13. The van der Waals surface area contributed by atoms with Crippen molar-refractivity contribution in [2.75, 3.05) is 19.7 Å². The zero-order valence-electron chi connectivity index (χ0n) is 8.43. The molecular formula is C10H21NO. The molecule has 12 heavy (non-hydrogen) atoms. The maximum absolute atomic E-state index is 9.09. The molecule has 2 atom stereocenters. The van der Waals surface area contributed by atoms with Gasteiger partial charge < -0.3 is 10.4 Å². The fourth-order valence-electron chi connectivity index (χ4n) is 2.03. The van der Waals surface area contributed by atoms with Gasteiger partial charge in [-0.2, -0.15) is 0 Å². The van der Waals surface area contributed by atoms with Crippen molar-refractivity contribution in [1.29, 1.82) is 0 Å². The highest BCUT2D eigenvalue weighted by Crippen LogP contribution is 2.30. The molecule has 1 fully saturated rings. The van der Waals surface area contributed by atoms with Crippen LogP contribution in [0, 0.1) is 17.3 Å². The summed E-state index contributed by atoms with van der Waals surface area (Å²) in [5.41, 5.74) is 0.393. The Morgan fingerprint density at radius 2 is 1.83 bits per heavy atom. The van der Waals surface area contributed by atoms with Crippen molar-refractivity contribution >= 4 is 0 Å². The Kier molecular flexibility index (Phi) is 3.13. The number of nitrogens with one attached hydrogen (secondary N) is 1. The van der Waals surface area contributed by atoms with E-state index in [9.17, 15) is 0 Å². The molecule has 0 aromatic heterocycles. The first-order valence-electron chi connectivity index (χ1n) is 4.84. The number of hydrogen-bond donors (Lipinski definition) is 2. The van der Waals surface area contributed by atoms with Crippen LogP contribution in [0.5, 0.6) is 0 Å². The molecule has 1 heterocycles. The van der Waals surface area contributed by atoms with Crippen molar-refractivity contribution in [2.45, 2.75) is 27.2 Å². The molecule has 2 nitrogen and oxygen atoms in total. The molecule has 0 aliphatic carbocycles. The predicted molar refractivity (Wildman–Crippen MR) is 51.0 cm³/mol. The van der Waals surface area contributed by atoms with Gasteiger partial charge in [-0.15, -0.1) is 0 Å². The van der Waals surface area contributed by atoms with E-state index in [-0.39, 0.29) is 0 Å². The number of aliphatic hydroxyl groups is 1. The molecular weight excluding hydrogens is 150 g/mol. The normalized spacial score (nSPS) is 31.0. The second-order valence-corrected chi connectivity index (χ2v) is 5.13. The second kappa shape index (κ2) is 3.75. The molecule has 1 saturated heterocycles. The highest BCUT2D eigenvalue weighted by atomic mass is 16.3. The van der Waals surface area contributed by atoms with Gasteiger partial charge >= 0.3 is 0 Å². The highest BCUT2D eigenvalue weighted by molar-refractivity contribution is 4.83. The van der Waals surface area contributed by atoms with Crippen LogP contribution in [-0.2, 0) is 0 Å². The molecule has 72 valence electrons. The summed E-state index contributed by atoms with van der Waals surface area (Å²) in [6.07, 6.45) is 1.21. The molecule has 0 unspecified atom stereocenters. The molecule has 1 aliphatic heterocycles. The van der Waals surface area contributed by atoms with E-state index in [0.717, 1.165) is 13.1 Å². The Labute approximate surface area is 75.4 Å². The van der Waals surface area contributed by atoms with E-state index in [1.54, 1.807) is 0 Å². The summed E-state index contributed by atoms with van der Waals surface area (Å²) >= 11 is 0. The molecule has 0 spiro atoms. The molecule has 2 N–H and O–H groups in total. The Morgan fingerprint density at radius 3 is 2.33 bits per heavy atom. The van der Waals surface area contributed by atoms with Crippen molar-refractivity contribution in [1.82, 2.24) is 5.32 Å². The van der Waals surface area contributed by atoms with Crippen LogP contribution >= 0.6 is 0 Å². The highest BCUT2D eigenvalue weighted by Gasteiger charge is 2.29. The van der Waals surface area contributed by atoms with E-state index in [4.69, 9.17) is 5.11 Å². The smallest absolute Gasteiger partial charge is 0.0474 e. The first kappa shape index (κ1) is 10.0. The maximum Gasteiger partial charge on any atom is 0.0474 e. The lowest BCUT2D eigenvalue weighted by atomic mass is 9.80. The van der Waals surface area contributed by atoms with Crippen molar-refractivity contribution < 1.29 is 5.11 Å². The number of rotatable bonds is 2. The van der Waals surface area contributed by atoms with Crippen molar-refractivity contribution in [2.24, 2.45) is 17.3 Å². The van der Waals surface area contributed by atoms with E-state index in [1.807, 2.05) is 0 Å². The lowest BCUT2D eigenvalue weighted by Crippen LogP contribution is -2.22. The topological polar surface area (TPSA) is 32.3 Å². The molecule has 0 aromatic carbocycles. The Morgan fingerprint density at radius 1 is 1.25 bits per heavy atom. The van der Waals surface area contributed by atoms with E-state index in [2.05, 4.69) is 26.1 Å². The van der Waals surface area contributed by atoms with E-state index >= 15 is 0 Å². The largest absolute Gasteiger partial charge is 0.396 e. The van der Waals surface area contributed by atoms with Crippen LogP contribution in [0.15, 0.2) is 0 Å². The average Bonchev–Trinajstić information content (AvgIpc) is 2.31. The molecule has 0 radical (unpaired) electrons. The van der Waals surface area contributed by atoms with Gasteiger partial charge in [-0.25, -0.2) is 0 Å². The quantitative estimate of drug-likeness (QED) is 0.655. The monoisotopic (exact) mass is 171 g/mol. The molecule has 1 rings (SSSR count). The lowest BCUT2D eigenvalue weighted by molar-refractivity contribution is 0.175.